The second-order valence-corrected chi connectivity index (χ2v) is 9.02. The van der Waals surface area contributed by atoms with Gasteiger partial charge >= 0.3 is 0 Å². The summed E-state index contributed by atoms with van der Waals surface area (Å²) in [5, 5.41) is 4.68. The minimum atomic E-state index is -0.298. The number of aromatic nitrogens is 1. The molecule has 2 saturated carbocycles. The summed E-state index contributed by atoms with van der Waals surface area (Å²) >= 11 is 5.92. The first kappa shape index (κ1) is 20.3. The van der Waals surface area contributed by atoms with Gasteiger partial charge in [-0.2, -0.15) is 0 Å². The second-order valence-electron chi connectivity index (χ2n) is 8.58. The SMILES string of the molecule is CCC(NC(=O)c1ccc(Cl)cc1)C1[C@H]2CC(Oc3ccnc4cc(F)ccc34)C[C@@H]12. The maximum absolute atomic E-state index is 13.5. The largest absolute Gasteiger partial charge is 0.490 e. The van der Waals surface area contributed by atoms with Crippen LogP contribution in [0.25, 0.3) is 10.9 Å². The average molecular weight is 439 g/mol. The molecular formula is C25H24ClFN2O2. The van der Waals surface area contributed by atoms with Gasteiger partial charge in [0.15, 0.2) is 0 Å². The third kappa shape index (κ3) is 3.99. The van der Waals surface area contributed by atoms with Crippen LogP contribution >= 0.6 is 11.6 Å². The lowest BCUT2D eigenvalue weighted by molar-refractivity contribution is 0.0924. The first-order chi connectivity index (χ1) is 15.0. The fourth-order valence-electron chi connectivity index (χ4n) is 5.24. The third-order valence-corrected chi connectivity index (χ3v) is 7.01. The zero-order valence-corrected chi connectivity index (χ0v) is 18.0. The molecule has 0 spiro atoms. The number of hydrogen-bond donors (Lipinski definition) is 1. The molecule has 5 rings (SSSR count). The van der Waals surface area contributed by atoms with Gasteiger partial charge in [-0.25, -0.2) is 4.39 Å². The Labute approximate surface area is 185 Å². The summed E-state index contributed by atoms with van der Waals surface area (Å²) in [6.45, 7) is 2.12. The lowest BCUT2D eigenvalue weighted by Crippen LogP contribution is -2.37. The molecule has 3 aromatic rings. The predicted octanol–water partition coefficient (Wildman–Crippen LogP) is 5.64. The van der Waals surface area contributed by atoms with Gasteiger partial charge in [-0.15, -0.1) is 0 Å². The summed E-state index contributed by atoms with van der Waals surface area (Å²) in [6, 6.07) is 13.6. The van der Waals surface area contributed by atoms with Crippen LogP contribution in [0.4, 0.5) is 4.39 Å². The molecule has 2 aromatic carbocycles. The van der Waals surface area contributed by atoms with Gasteiger partial charge in [0.05, 0.1) is 11.6 Å². The molecule has 6 heteroatoms. The molecule has 0 bridgehead atoms. The predicted molar refractivity (Wildman–Crippen MR) is 119 cm³/mol. The Morgan fingerprint density at radius 3 is 2.65 bits per heavy atom. The molecule has 1 aromatic heterocycles. The average Bonchev–Trinajstić information content (AvgIpc) is 3.25. The number of carbonyl (C=O) groups excluding carboxylic acids is 1. The van der Waals surface area contributed by atoms with Crippen molar-refractivity contribution < 1.29 is 13.9 Å². The lowest BCUT2D eigenvalue weighted by Gasteiger charge is -2.22. The van der Waals surface area contributed by atoms with E-state index in [4.69, 9.17) is 16.3 Å². The number of hydrogen-bond acceptors (Lipinski definition) is 3. The molecule has 1 N–H and O–H groups in total. The van der Waals surface area contributed by atoms with Crippen LogP contribution in [0.15, 0.2) is 54.7 Å². The highest BCUT2D eigenvalue weighted by molar-refractivity contribution is 6.30. The number of rotatable bonds is 6. The van der Waals surface area contributed by atoms with Crippen molar-refractivity contribution in [1.82, 2.24) is 10.3 Å². The highest BCUT2D eigenvalue weighted by Crippen LogP contribution is 2.60. The minimum Gasteiger partial charge on any atom is -0.490 e. The smallest absolute Gasteiger partial charge is 0.251 e. The van der Waals surface area contributed by atoms with E-state index in [-0.39, 0.29) is 23.9 Å². The number of carbonyl (C=O) groups is 1. The lowest BCUT2D eigenvalue weighted by atomic mass is 10.00. The maximum Gasteiger partial charge on any atom is 0.251 e. The van der Waals surface area contributed by atoms with E-state index in [1.807, 2.05) is 6.07 Å². The van der Waals surface area contributed by atoms with Crippen molar-refractivity contribution in [2.24, 2.45) is 17.8 Å². The number of ether oxygens (including phenoxy) is 1. The van der Waals surface area contributed by atoms with Crippen molar-refractivity contribution in [2.45, 2.75) is 38.3 Å². The molecule has 4 nitrogen and oxygen atoms in total. The van der Waals surface area contributed by atoms with Gasteiger partial charge in [0.2, 0.25) is 0 Å². The van der Waals surface area contributed by atoms with Gasteiger partial charge < -0.3 is 10.1 Å². The van der Waals surface area contributed by atoms with Crippen molar-refractivity contribution in [3.63, 3.8) is 0 Å². The Hall–Kier alpha value is -2.66. The van der Waals surface area contributed by atoms with E-state index in [1.54, 1.807) is 36.5 Å². The van der Waals surface area contributed by atoms with Crippen molar-refractivity contribution in [3.8, 4) is 5.75 Å². The number of amides is 1. The molecule has 31 heavy (non-hydrogen) atoms. The molecule has 2 aliphatic rings. The van der Waals surface area contributed by atoms with E-state index in [2.05, 4.69) is 17.2 Å². The second kappa shape index (κ2) is 8.12. The van der Waals surface area contributed by atoms with E-state index in [1.165, 1.54) is 12.1 Å². The summed E-state index contributed by atoms with van der Waals surface area (Å²) in [5.41, 5.74) is 1.24. The molecule has 160 valence electrons. The third-order valence-electron chi connectivity index (χ3n) is 6.75. The van der Waals surface area contributed by atoms with E-state index in [0.717, 1.165) is 30.4 Å². The van der Waals surface area contributed by atoms with Crippen LogP contribution in [-0.4, -0.2) is 23.0 Å². The molecule has 1 amide bonds. The molecule has 0 aliphatic heterocycles. The first-order valence-electron chi connectivity index (χ1n) is 10.8. The zero-order chi connectivity index (χ0) is 21.5. The van der Waals surface area contributed by atoms with Crippen LogP contribution in [0.3, 0.4) is 0 Å². The Balaban J connectivity index is 1.20. The van der Waals surface area contributed by atoms with Gasteiger partial charge in [-0.1, -0.05) is 18.5 Å². The monoisotopic (exact) mass is 438 g/mol. The van der Waals surface area contributed by atoms with Crippen molar-refractivity contribution in [2.75, 3.05) is 0 Å². The molecule has 2 fully saturated rings. The summed E-state index contributed by atoms with van der Waals surface area (Å²) < 4.78 is 19.8. The maximum atomic E-state index is 13.5. The van der Waals surface area contributed by atoms with E-state index in [0.29, 0.717) is 33.9 Å². The van der Waals surface area contributed by atoms with Crippen LogP contribution in [-0.2, 0) is 0 Å². The fraction of sp³-hybridized carbons (Fsp3) is 0.360. The molecule has 3 unspecified atom stereocenters. The number of nitrogens with zero attached hydrogens (tertiary/aromatic N) is 1. The fourth-order valence-corrected chi connectivity index (χ4v) is 5.36. The molecule has 1 heterocycles. The summed E-state index contributed by atoms with van der Waals surface area (Å²) in [6.07, 6.45) is 4.67. The molecule has 5 atom stereocenters. The van der Waals surface area contributed by atoms with Crippen LogP contribution in [0, 0.1) is 23.6 Å². The first-order valence-corrected chi connectivity index (χ1v) is 11.2. The quantitative estimate of drug-likeness (QED) is 0.541. The van der Waals surface area contributed by atoms with Crippen molar-refractivity contribution in [1.29, 1.82) is 0 Å². The minimum absolute atomic E-state index is 0.0447. The highest BCUT2D eigenvalue weighted by Gasteiger charge is 2.59. The molecule has 0 radical (unpaired) electrons. The van der Waals surface area contributed by atoms with Crippen molar-refractivity contribution in [3.05, 3.63) is 71.1 Å². The molecular weight excluding hydrogens is 415 g/mol. The van der Waals surface area contributed by atoms with Crippen LogP contribution in [0.2, 0.25) is 5.02 Å². The molecule has 2 aliphatic carbocycles. The number of halogens is 2. The van der Waals surface area contributed by atoms with E-state index in [9.17, 15) is 9.18 Å². The summed E-state index contributed by atoms with van der Waals surface area (Å²) in [5.74, 6) is 2.07. The van der Waals surface area contributed by atoms with Crippen LogP contribution in [0.5, 0.6) is 5.75 Å². The van der Waals surface area contributed by atoms with E-state index >= 15 is 0 Å². The summed E-state index contributed by atoms with van der Waals surface area (Å²) in [7, 11) is 0. The Kier molecular flexibility index (Phi) is 5.30. The zero-order valence-electron chi connectivity index (χ0n) is 17.2. The topological polar surface area (TPSA) is 51.2 Å². The Morgan fingerprint density at radius 2 is 1.94 bits per heavy atom. The standard InChI is InChI=1S/C25H24ClFN2O2/c1-2-21(29-25(30)14-3-5-15(26)6-4-14)24-19-12-17(13-20(19)24)31-23-9-10-28-22-11-16(27)7-8-18(22)23/h3-11,17,19-21,24H,2,12-13H2,1H3,(H,29,30)/t17?,19-,20+,21?,24?. The van der Waals surface area contributed by atoms with Crippen LogP contribution in [0.1, 0.15) is 36.5 Å². The number of pyridine rings is 1. The van der Waals surface area contributed by atoms with Crippen LogP contribution < -0.4 is 10.1 Å². The van der Waals surface area contributed by atoms with E-state index < -0.39 is 0 Å². The van der Waals surface area contributed by atoms with Gasteiger partial charge in [-0.3, -0.25) is 9.78 Å². The van der Waals surface area contributed by atoms with Gasteiger partial charge in [-0.05, 0) is 79.5 Å². The Bertz CT molecular complexity index is 1110. The van der Waals surface area contributed by atoms with Gasteiger partial charge in [0.1, 0.15) is 11.6 Å². The van der Waals surface area contributed by atoms with Gasteiger partial charge in [0.25, 0.3) is 5.91 Å². The number of fused-ring (bicyclic) bond motifs is 2. The highest BCUT2D eigenvalue weighted by atomic mass is 35.5. The Morgan fingerprint density at radius 1 is 1.19 bits per heavy atom. The normalized spacial score (nSPS) is 25.1. The van der Waals surface area contributed by atoms with Gasteiger partial charge in [0, 0.05) is 34.3 Å². The number of benzene rings is 2. The summed E-state index contributed by atoms with van der Waals surface area (Å²) in [4.78, 5) is 16.9. The number of nitrogens with one attached hydrogen (secondary N) is 1. The van der Waals surface area contributed by atoms with Crippen molar-refractivity contribution >= 4 is 28.4 Å². The molecule has 0 saturated heterocycles.